The number of carbonyl (C=O) groups excluding carboxylic acids is 1. The molecule has 0 bridgehead atoms. The number of hydrogen-bond acceptors (Lipinski definition) is 5. The van der Waals surface area contributed by atoms with Gasteiger partial charge in [-0.25, -0.2) is 0 Å². The minimum atomic E-state index is -0.222. The van der Waals surface area contributed by atoms with Crippen LogP contribution in [0.2, 0.25) is 0 Å². The van der Waals surface area contributed by atoms with Gasteiger partial charge in [0.2, 0.25) is 0 Å². The molecule has 0 aliphatic heterocycles. The number of oxime groups is 1. The van der Waals surface area contributed by atoms with Gasteiger partial charge in [-0.15, -0.1) is 0 Å². The molecule has 0 heterocycles. The van der Waals surface area contributed by atoms with E-state index in [2.05, 4.69) is 11.7 Å². The predicted molar refractivity (Wildman–Crippen MR) is 98.1 cm³/mol. The highest BCUT2D eigenvalue weighted by Crippen LogP contribution is 2.36. The number of ketones is 1. The molecule has 1 aliphatic rings. The fraction of sp³-hybridized carbons (Fsp3) is 0.400. The third-order valence-electron chi connectivity index (χ3n) is 4.19. The van der Waals surface area contributed by atoms with E-state index in [0.717, 1.165) is 17.7 Å². The van der Waals surface area contributed by atoms with Crippen molar-refractivity contribution < 1.29 is 19.5 Å². The molecule has 25 heavy (non-hydrogen) atoms. The fourth-order valence-corrected chi connectivity index (χ4v) is 2.94. The first-order chi connectivity index (χ1) is 12.1. The van der Waals surface area contributed by atoms with Crippen molar-refractivity contribution >= 4 is 11.5 Å². The maximum absolute atomic E-state index is 12.4. The molecule has 2 rings (SSSR count). The average Bonchev–Trinajstić information content (AvgIpc) is 2.62. The summed E-state index contributed by atoms with van der Waals surface area (Å²) in [7, 11) is 1.61. The summed E-state index contributed by atoms with van der Waals surface area (Å²) in [6, 6.07) is 7.54. The van der Waals surface area contributed by atoms with Crippen LogP contribution in [0.4, 0.5) is 0 Å². The molecule has 0 saturated heterocycles. The number of Topliss-reactive ketones (excluding diaryl/α,β-unsaturated/α-hetero) is 1. The largest absolute Gasteiger partial charge is 0.511 e. The number of allylic oxidation sites excluding steroid dienone is 2. The van der Waals surface area contributed by atoms with Crippen LogP contribution in [0.5, 0.6) is 5.75 Å². The summed E-state index contributed by atoms with van der Waals surface area (Å²) < 4.78 is 5.17. The Bertz CT molecular complexity index is 673. The molecule has 1 unspecified atom stereocenters. The molecule has 0 radical (unpaired) electrons. The first-order valence-electron chi connectivity index (χ1n) is 8.52. The van der Waals surface area contributed by atoms with E-state index in [4.69, 9.17) is 9.57 Å². The molecule has 1 atom stereocenters. The first kappa shape index (κ1) is 18.8. The van der Waals surface area contributed by atoms with E-state index in [1.165, 1.54) is 0 Å². The van der Waals surface area contributed by atoms with Crippen molar-refractivity contribution in [2.75, 3.05) is 13.7 Å². The van der Waals surface area contributed by atoms with Gasteiger partial charge < -0.3 is 14.7 Å². The highest BCUT2D eigenvalue weighted by molar-refractivity contribution is 6.23. The van der Waals surface area contributed by atoms with Crippen LogP contribution in [-0.2, 0) is 9.63 Å². The summed E-state index contributed by atoms with van der Waals surface area (Å²) in [6.45, 7) is 5.84. The van der Waals surface area contributed by atoms with E-state index in [-0.39, 0.29) is 24.1 Å². The quantitative estimate of drug-likeness (QED) is 0.330. The number of benzene rings is 1. The van der Waals surface area contributed by atoms with Crippen molar-refractivity contribution in [3.05, 3.63) is 53.8 Å². The Hall–Kier alpha value is -2.56. The number of methoxy groups -OCH3 is 1. The van der Waals surface area contributed by atoms with Crippen molar-refractivity contribution in [2.45, 2.75) is 38.5 Å². The van der Waals surface area contributed by atoms with Crippen LogP contribution in [0.1, 0.15) is 44.1 Å². The second-order valence-electron chi connectivity index (χ2n) is 5.92. The Morgan fingerprint density at radius 3 is 2.72 bits per heavy atom. The number of aliphatic hydroxyl groups excluding tert-OH is 1. The summed E-state index contributed by atoms with van der Waals surface area (Å²) in [4.78, 5) is 17.6. The normalized spacial score (nSPS) is 18.2. The zero-order chi connectivity index (χ0) is 18.2. The van der Waals surface area contributed by atoms with Crippen molar-refractivity contribution in [3.8, 4) is 5.75 Å². The van der Waals surface area contributed by atoms with Gasteiger partial charge in [0, 0.05) is 12.3 Å². The monoisotopic (exact) mass is 343 g/mol. The van der Waals surface area contributed by atoms with Crippen LogP contribution in [0, 0.1) is 0 Å². The Labute approximate surface area is 148 Å². The molecule has 0 fully saturated rings. The van der Waals surface area contributed by atoms with Gasteiger partial charge in [0.05, 0.1) is 18.4 Å². The van der Waals surface area contributed by atoms with Gasteiger partial charge in [0.15, 0.2) is 5.78 Å². The Kier molecular flexibility index (Phi) is 6.81. The van der Waals surface area contributed by atoms with Gasteiger partial charge >= 0.3 is 0 Å². The van der Waals surface area contributed by atoms with E-state index >= 15 is 0 Å². The van der Waals surface area contributed by atoms with Crippen LogP contribution in [0.15, 0.2) is 53.4 Å². The van der Waals surface area contributed by atoms with E-state index in [1.807, 2.05) is 31.2 Å². The zero-order valence-corrected chi connectivity index (χ0v) is 14.8. The van der Waals surface area contributed by atoms with Crippen molar-refractivity contribution in [1.29, 1.82) is 0 Å². The molecule has 1 aromatic carbocycles. The minimum absolute atomic E-state index is 0.0795. The maximum Gasteiger partial charge on any atom is 0.168 e. The standard InChI is InChI=1S/C20H25NO4/c1-4-6-17(21-25-13-5-2)19-18(22)12-11-16(20(19)23)14-7-9-15(24-3)10-8-14/h5,7-10,16,23H,2,4,6,11-13H2,1,3H3/b21-17+. The van der Waals surface area contributed by atoms with Gasteiger partial charge in [0.25, 0.3) is 0 Å². The zero-order valence-electron chi connectivity index (χ0n) is 14.8. The summed E-state index contributed by atoms with van der Waals surface area (Å²) in [5.74, 6) is 0.526. The molecule has 0 aromatic heterocycles. The highest BCUT2D eigenvalue weighted by Gasteiger charge is 2.32. The lowest BCUT2D eigenvalue weighted by molar-refractivity contribution is -0.116. The van der Waals surface area contributed by atoms with Crippen LogP contribution >= 0.6 is 0 Å². The molecule has 0 amide bonds. The van der Waals surface area contributed by atoms with Gasteiger partial charge in [-0.1, -0.05) is 43.3 Å². The SMILES string of the molecule is C=CCO/N=C(\CCC)C1=C(O)C(c2ccc(OC)cc2)CCC1=O. The molecule has 1 aromatic rings. The number of hydrogen-bond donors (Lipinski definition) is 1. The van der Waals surface area contributed by atoms with Crippen molar-refractivity contribution in [3.63, 3.8) is 0 Å². The maximum atomic E-state index is 12.4. The number of nitrogens with zero attached hydrogens (tertiary/aromatic N) is 1. The molecular weight excluding hydrogens is 318 g/mol. The number of aliphatic hydroxyl groups is 1. The average molecular weight is 343 g/mol. The summed E-state index contributed by atoms with van der Waals surface area (Å²) in [5.41, 5.74) is 1.76. The molecule has 134 valence electrons. The van der Waals surface area contributed by atoms with Crippen LogP contribution in [-0.4, -0.2) is 30.3 Å². The molecule has 5 nitrogen and oxygen atoms in total. The second kappa shape index (κ2) is 9.06. The predicted octanol–water partition coefficient (Wildman–Crippen LogP) is 4.31. The van der Waals surface area contributed by atoms with Crippen molar-refractivity contribution in [2.24, 2.45) is 5.16 Å². The van der Waals surface area contributed by atoms with E-state index in [1.54, 1.807) is 13.2 Å². The topological polar surface area (TPSA) is 68.1 Å². The number of carbonyl (C=O) groups is 1. The highest BCUT2D eigenvalue weighted by atomic mass is 16.6. The smallest absolute Gasteiger partial charge is 0.168 e. The van der Waals surface area contributed by atoms with E-state index < -0.39 is 0 Å². The van der Waals surface area contributed by atoms with E-state index in [9.17, 15) is 9.90 Å². The molecule has 0 saturated carbocycles. The molecule has 1 N–H and O–H groups in total. The van der Waals surface area contributed by atoms with Gasteiger partial charge in [0.1, 0.15) is 18.1 Å². The van der Waals surface area contributed by atoms with Crippen molar-refractivity contribution in [1.82, 2.24) is 0 Å². The molecule has 0 spiro atoms. The Morgan fingerprint density at radius 1 is 1.40 bits per heavy atom. The minimum Gasteiger partial charge on any atom is -0.511 e. The van der Waals surface area contributed by atoms with Gasteiger partial charge in [-0.2, -0.15) is 0 Å². The summed E-state index contributed by atoms with van der Waals surface area (Å²) in [6.07, 6.45) is 3.91. The second-order valence-corrected chi connectivity index (χ2v) is 5.92. The number of rotatable bonds is 8. The van der Waals surface area contributed by atoms with Gasteiger partial charge in [-0.05, 0) is 30.5 Å². The van der Waals surface area contributed by atoms with Gasteiger partial charge in [-0.3, -0.25) is 4.79 Å². The fourth-order valence-electron chi connectivity index (χ4n) is 2.94. The summed E-state index contributed by atoms with van der Waals surface area (Å²) >= 11 is 0. The van der Waals surface area contributed by atoms with Crippen LogP contribution in [0.25, 0.3) is 0 Å². The van der Waals surface area contributed by atoms with E-state index in [0.29, 0.717) is 30.5 Å². The molecule has 5 heteroatoms. The Balaban J connectivity index is 2.38. The lowest BCUT2D eigenvalue weighted by Crippen LogP contribution is -2.24. The third kappa shape index (κ3) is 4.50. The molecular formula is C20H25NO4. The Morgan fingerprint density at radius 2 is 2.12 bits per heavy atom. The lowest BCUT2D eigenvalue weighted by Gasteiger charge is -2.25. The summed E-state index contributed by atoms with van der Waals surface area (Å²) in [5, 5.41) is 14.9. The number of ether oxygens (including phenoxy) is 1. The van der Waals surface area contributed by atoms with Crippen LogP contribution < -0.4 is 4.74 Å². The lowest BCUT2D eigenvalue weighted by atomic mass is 9.81. The van der Waals surface area contributed by atoms with Crippen LogP contribution in [0.3, 0.4) is 0 Å². The first-order valence-corrected chi connectivity index (χ1v) is 8.52. The molecule has 1 aliphatic carbocycles. The third-order valence-corrected chi connectivity index (χ3v) is 4.19.